The monoisotopic (exact) mass is 300 g/mol. The van der Waals surface area contributed by atoms with E-state index in [1.807, 2.05) is 13.0 Å². The minimum absolute atomic E-state index is 0.174. The standard InChI is InChI=1S/C15H20N6O/c1-11-16-8-7-13(18-11)17-10-12-4-2-3-9-21(12)14-5-6-15(22)20-19-14/h5-8,12H,2-4,9-10H2,1H3,(H,20,22)(H,16,17,18). The molecule has 1 unspecified atom stereocenters. The fourth-order valence-corrected chi connectivity index (χ4v) is 2.79. The summed E-state index contributed by atoms with van der Waals surface area (Å²) in [6.45, 7) is 3.62. The summed E-state index contributed by atoms with van der Waals surface area (Å²) in [4.78, 5) is 21.9. The Morgan fingerprint density at radius 2 is 2.27 bits per heavy atom. The summed E-state index contributed by atoms with van der Waals surface area (Å²) in [6.07, 6.45) is 5.20. The average Bonchev–Trinajstić information content (AvgIpc) is 2.54. The first-order valence-corrected chi connectivity index (χ1v) is 7.58. The molecule has 2 aromatic rings. The molecule has 1 aliphatic heterocycles. The molecule has 0 bridgehead atoms. The van der Waals surface area contributed by atoms with Crippen molar-refractivity contribution in [2.45, 2.75) is 32.2 Å². The molecular weight excluding hydrogens is 280 g/mol. The van der Waals surface area contributed by atoms with Crippen molar-refractivity contribution >= 4 is 11.6 Å². The van der Waals surface area contributed by atoms with Crippen molar-refractivity contribution in [2.75, 3.05) is 23.3 Å². The lowest BCUT2D eigenvalue weighted by Gasteiger charge is -2.36. The lowest BCUT2D eigenvalue weighted by molar-refractivity contribution is 0.467. The van der Waals surface area contributed by atoms with Crippen LogP contribution in [0.25, 0.3) is 0 Å². The van der Waals surface area contributed by atoms with Gasteiger partial charge in [0.1, 0.15) is 17.5 Å². The van der Waals surface area contributed by atoms with Crippen molar-refractivity contribution in [1.29, 1.82) is 0 Å². The van der Waals surface area contributed by atoms with Crippen LogP contribution in [-0.2, 0) is 0 Å². The molecular formula is C15H20N6O. The number of hydrogen-bond donors (Lipinski definition) is 2. The maximum Gasteiger partial charge on any atom is 0.264 e. The van der Waals surface area contributed by atoms with E-state index in [1.165, 1.54) is 12.5 Å². The lowest BCUT2D eigenvalue weighted by Crippen LogP contribution is -2.44. The molecule has 1 aliphatic rings. The molecule has 2 N–H and O–H groups in total. The maximum atomic E-state index is 11.2. The first-order chi connectivity index (χ1) is 10.7. The molecule has 1 atom stereocenters. The second-order valence-electron chi connectivity index (χ2n) is 5.49. The molecule has 0 amide bonds. The zero-order chi connectivity index (χ0) is 15.4. The van der Waals surface area contributed by atoms with E-state index in [0.717, 1.165) is 43.4 Å². The Kier molecular flexibility index (Phi) is 4.32. The van der Waals surface area contributed by atoms with Crippen LogP contribution in [0.4, 0.5) is 11.6 Å². The van der Waals surface area contributed by atoms with Crippen LogP contribution in [0.3, 0.4) is 0 Å². The topological polar surface area (TPSA) is 86.8 Å². The van der Waals surface area contributed by atoms with Crippen LogP contribution < -0.4 is 15.8 Å². The number of anilines is 2. The summed E-state index contributed by atoms with van der Waals surface area (Å²) in [5.41, 5.74) is -0.174. The molecule has 0 aromatic carbocycles. The minimum atomic E-state index is -0.174. The number of piperidine rings is 1. The molecule has 0 saturated carbocycles. The molecule has 3 rings (SSSR count). The molecule has 0 aliphatic carbocycles. The number of rotatable bonds is 4. The van der Waals surface area contributed by atoms with E-state index in [4.69, 9.17) is 0 Å². The smallest absolute Gasteiger partial charge is 0.264 e. The third kappa shape index (κ3) is 3.41. The van der Waals surface area contributed by atoms with E-state index in [1.54, 1.807) is 12.3 Å². The van der Waals surface area contributed by atoms with E-state index in [-0.39, 0.29) is 5.56 Å². The van der Waals surface area contributed by atoms with E-state index in [0.29, 0.717) is 6.04 Å². The highest BCUT2D eigenvalue weighted by Crippen LogP contribution is 2.22. The van der Waals surface area contributed by atoms with Crippen LogP contribution >= 0.6 is 0 Å². The molecule has 0 spiro atoms. The number of H-pyrrole nitrogens is 1. The zero-order valence-corrected chi connectivity index (χ0v) is 12.6. The van der Waals surface area contributed by atoms with Gasteiger partial charge in [0.25, 0.3) is 5.56 Å². The highest BCUT2D eigenvalue weighted by molar-refractivity contribution is 5.40. The van der Waals surface area contributed by atoms with E-state index < -0.39 is 0 Å². The fraction of sp³-hybridized carbons (Fsp3) is 0.467. The van der Waals surface area contributed by atoms with Gasteiger partial charge >= 0.3 is 0 Å². The maximum absolute atomic E-state index is 11.2. The number of aryl methyl sites for hydroxylation is 1. The SMILES string of the molecule is Cc1nccc(NCC2CCCCN2c2ccc(=O)[nH]n2)n1. The summed E-state index contributed by atoms with van der Waals surface area (Å²) in [7, 11) is 0. The summed E-state index contributed by atoms with van der Waals surface area (Å²) in [6, 6.07) is 5.52. The van der Waals surface area contributed by atoms with Crippen LogP contribution in [0.2, 0.25) is 0 Å². The zero-order valence-electron chi connectivity index (χ0n) is 12.6. The number of nitrogens with one attached hydrogen (secondary N) is 2. The number of aromatic amines is 1. The van der Waals surface area contributed by atoms with Gasteiger partial charge in [0.15, 0.2) is 0 Å². The quantitative estimate of drug-likeness (QED) is 0.886. The molecule has 3 heterocycles. The summed E-state index contributed by atoms with van der Waals surface area (Å²) >= 11 is 0. The second kappa shape index (κ2) is 6.55. The predicted molar refractivity (Wildman–Crippen MR) is 85.1 cm³/mol. The van der Waals surface area contributed by atoms with Crippen molar-refractivity contribution < 1.29 is 0 Å². The summed E-state index contributed by atoms with van der Waals surface area (Å²) in [5.74, 6) is 2.42. The Morgan fingerprint density at radius 1 is 1.36 bits per heavy atom. The Labute approximate surface area is 128 Å². The average molecular weight is 300 g/mol. The summed E-state index contributed by atoms with van der Waals surface area (Å²) in [5, 5.41) is 10.0. The van der Waals surface area contributed by atoms with Crippen LogP contribution in [0.15, 0.2) is 29.2 Å². The summed E-state index contributed by atoms with van der Waals surface area (Å²) < 4.78 is 0. The van der Waals surface area contributed by atoms with Crippen LogP contribution in [-0.4, -0.2) is 39.3 Å². The molecule has 1 fully saturated rings. The Morgan fingerprint density at radius 3 is 3.05 bits per heavy atom. The molecule has 2 aromatic heterocycles. The first-order valence-electron chi connectivity index (χ1n) is 7.58. The van der Waals surface area contributed by atoms with Gasteiger partial charge in [-0.2, -0.15) is 5.10 Å². The minimum Gasteiger partial charge on any atom is -0.368 e. The van der Waals surface area contributed by atoms with Crippen molar-refractivity contribution in [3.8, 4) is 0 Å². The third-order valence-electron chi connectivity index (χ3n) is 3.88. The van der Waals surface area contributed by atoms with Crippen LogP contribution in [0, 0.1) is 6.92 Å². The van der Waals surface area contributed by atoms with E-state index in [9.17, 15) is 4.79 Å². The number of hydrogen-bond acceptors (Lipinski definition) is 6. The first kappa shape index (κ1) is 14.5. The molecule has 0 radical (unpaired) electrons. The molecule has 7 heteroatoms. The van der Waals surface area contributed by atoms with Crippen molar-refractivity contribution in [3.05, 3.63) is 40.6 Å². The Bertz CT molecular complexity index is 665. The largest absolute Gasteiger partial charge is 0.368 e. The van der Waals surface area contributed by atoms with Gasteiger partial charge in [-0.15, -0.1) is 0 Å². The molecule has 116 valence electrons. The molecule has 22 heavy (non-hydrogen) atoms. The van der Waals surface area contributed by atoms with Crippen molar-refractivity contribution in [3.63, 3.8) is 0 Å². The van der Waals surface area contributed by atoms with E-state index in [2.05, 4.69) is 30.4 Å². The van der Waals surface area contributed by atoms with Gasteiger partial charge in [0.2, 0.25) is 0 Å². The molecule has 1 saturated heterocycles. The highest BCUT2D eigenvalue weighted by atomic mass is 16.1. The van der Waals surface area contributed by atoms with Gasteiger partial charge in [-0.25, -0.2) is 15.1 Å². The number of aromatic nitrogens is 4. The molecule has 7 nitrogen and oxygen atoms in total. The van der Waals surface area contributed by atoms with Gasteiger partial charge in [-0.1, -0.05) is 0 Å². The van der Waals surface area contributed by atoms with Gasteiger partial charge in [-0.05, 0) is 38.3 Å². The third-order valence-corrected chi connectivity index (χ3v) is 3.88. The lowest BCUT2D eigenvalue weighted by atomic mass is 10.0. The van der Waals surface area contributed by atoms with Gasteiger partial charge < -0.3 is 10.2 Å². The Hall–Kier alpha value is -2.44. The predicted octanol–water partition coefficient (Wildman–Crippen LogP) is 1.34. The second-order valence-corrected chi connectivity index (χ2v) is 5.49. The van der Waals surface area contributed by atoms with Gasteiger partial charge in [0.05, 0.1) is 0 Å². The Balaban J connectivity index is 1.70. The van der Waals surface area contributed by atoms with Gasteiger partial charge in [-0.3, -0.25) is 4.79 Å². The highest BCUT2D eigenvalue weighted by Gasteiger charge is 2.23. The van der Waals surface area contributed by atoms with E-state index >= 15 is 0 Å². The van der Waals surface area contributed by atoms with Crippen molar-refractivity contribution in [1.82, 2.24) is 20.2 Å². The normalized spacial score (nSPS) is 18.2. The van der Waals surface area contributed by atoms with Crippen molar-refractivity contribution in [2.24, 2.45) is 0 Å². The van der Waals surface area contributed by atoms with Crippen LogP contribution in [0.1, 0.15) is 25.1 Å². The van der Waals surface area contributed by atoms with Crippen LogP contribution in [0.5, 0.6) is 0 Å². The number of nitrogens with zero attached hydrogens (tertiary/aromatic N) is 4. The van der Waals surface area contributed by atoms with Gasteiger partial charge in [0, 0.05) is 31.4 Å². The fourth-order valence-electron chi connectivity index (χ4n) is 2.79.